The Morgan fingerprint density at radius 2 is 1.91 bits per heavy atom. The minimum absolute atomic E-state index is 0.000151. The van der Waals surface area contributed by atoms with Crippen molar-refractivity contribution in [1.82, 2.24) is 4.90 Å². The zero-order chi connectivity index (χ0) is 25.3. The largest absolute Gasteiger partial charge is 0.508 e. The van der Waals surface area contributed by atoms with E-state index in [1.165, 1.54) is 17.6 Å². The van der Waals surface area contributed by atoms with E-state index in [-0.39, 0.29) is 23.0 Å². The van der Waals surface area contributed by atoms with Crippen molar-refractivity contribution >= 4 is 11.9 Å². The maximum Gasteiger partial charge on any atom is 0.328 e. The van der Waals surface area contributed by atoms with Gasteiger partial charge in [0.15, 0.2) is 0 Å². The summed E-state index contributed by atoms with van der Waals surface area (Å²) in [4.78, 5) is 27.4. The van der Waals surface area contributed by atoms with Gasteiger partial charge in [-0.25, -0.2) is 4.79 Å². The van der Waals surface area contributed by atoms with Crippen LogP contribution in [0.25, 0.3) is 0 Å². The summed E-state index contributed by atoms with van der Waals surface area (Å²) in [6.07, 6.45) is 11.0. The minimum atomic E-state index is -0.644. The molecule has 1 fully saturated rings. The molecule has 0 aliphatic carbocycles. The molecule has 6 nitrogen and oxygen atoms in total. The Bertz CT molecular complexity index is 927. The Hall–Kier alpha value is -2.76. The number of amides is 1. The van der Waals surface area contributed by atoms with E-state index in [1.807, 2.05) is 13.0 Å². The van der Waals surface area contributed by atoms with Crippen LogP contribution in [-0.4, -0.2) is 46.7 Å². The average Bonchev–Trinajstić information content (AvgIpc) is 3.28. The number of benzene rings is 1. The third-order valence-corrected chi connectivity index (χ3v) is 6.46. The van der Waals surface area contributed by atoms with Gasteiger partial charge >= 0.3 is 5.97 Å². The molecule has 1 aliphatic heterocycles. The number of nitrogens with zero attached hydrogens (tertiary/aromatic N) is 1. The molecule has 1 amide bonds. The lowest BCUT2D eigenvalue weighted by molar-refractivity contribution is -0.145. The van der Waals surface area contributed by atoms with Crippen LogP contribution in [-0.2, 0) is 22.4 Å². The summed E-state index contributed by atoms with van der Waals surface area (Å²) in [5.41, 5.74) is 3.60. The van der Waals surface area contributed by atoms with Gasteiger partial charge in [0.25, 0.3) is 5.91 Å². The van der Waals surface area contributed by atoms with Gasteiger partial charge in [-0.2, -0.15) is 0 Å². The first-order valence-electron chi connectivity index (χ1n) is 12.5. The number of phenols is 2. The first kappa shape index (κ1) is 27.5. The molecule has 1 aromatic carbocycles. The van der Waals surface area contributed by atoms with Gasteiger partial charge in [-0.15, -0.1) is 0 Å². The fraction of sp³-hybridized carbons (Fsp3) is 0.571. The number of aryl methyl sites for hydroxylation is 1. The summed E-state index contributed by atoms with van der Waals surface area (Å²) in [5.74, 6) is -0.991. The summed E-state index contributed by atoms with van der Waals surface area (Å²) in [5, 5.41) is 22.0. The summed E-state index contributed by atoms with van der Waals surface area (Å²) in [6, 6.07) is 0.975. The normalized spacial score (nSPS) is 16.0. The van der Waals surface area contributed by atoms with Crippen molar-refractivity contribution in [3.8, 4) is 11.5 Å². The standard InChI is InChI=1S/C28H41NO5/c1-6-7-8-13-21-18-24(30)22(16-15-20(4)12-9-11-19(2)3)26(31)25(21)27(32)29-17-10-14-23(29)28(33)34-5/h11,15,18,23,30-31H,6-10,12-14,16-17H2,1-5H3/b20-15+. The van der Waals surface area contributed by atoms with Crippen molar-refractivity contribution in [2.75, 3.05) is 13.7 Å². The third-order valence-electron chi connectivity index (χ3n) is 6.46. The molecule has 0 aromatic heterocycles. The second-order valence-electron chi connectivity index (χ2n) is 9.47. The fourth-order valence-corrected chi connectivity index (χ4v) is 4.45. The molecule has 188 valence electrons. The molecule has 1 heterocycles. The van der Waals surface area contributed by atoms with Gasteiger partial charge in [-0.3, -0.25) is 4.79 Å². The van der Waals surface area contributed by atoms with E-state index in [1.54, 1.807) is 6.07 Å². The number of likely N-dealkylation sites (tertiary alicyclic amines) is 1. The van der Waals surface area contributed by atoms with Crippen LogP contribution < -0.4 is 0 Å². The van der Waals surface area contributed by atoms with E-state index in [4.69, 9.17) is 4.74 Å². The van der Waals surface area contributed by atoms with Crippen LogP contribution in [0.1, 0.15) is 94.1 Å². The van der Waals surface area contributed by atoms with Crippen molar-refractivity contribution in [3.63, 3.8) is 0 Å². The van der Waals surface area contributed by atoms with Crippen LogP contribution in [0.5, 0.6) is 11.5 Å². The van der Waals surface area contributed by atoms with Gasteiger partial charge in [0, 0.05) is 12.1 Å². The molecule has 0 bridgehead atoms. The summed E-state index contributed by atoms with van der Waals surface area (Å²) in [6.45, 7) is 8.71. The molecule has 2 rings (SSSR count). The van der Waals surface area contributed by atoms with E-state index in [0.29, 0.717) is 43.4 Å². The van der Waals surface area contributed by atoms with Crippen LogP contribution in [0, 0.1) is 0 Å². The minimum Gasteiger partial charge on any atom is -0.508 e. The average molecular weight is 472 g/mol. The van der Waals surface area contributed by atoms with E-state index in [0.717, 1.165) is 37.7 Å². The van der Waals surface area contributed by atoms with E-state index >= 15 is 0 Å². The second-order valence-corrected chi connectivity index (χ2v) is 9.47. The van der Waals surface area contributed by atoms with E-state index < -0.39 is 12.0 Å². The molecular formula is C28H41NO5. The molecule has 0 saturated carbocycles. The van der Waals surface area contributed by atoms with Crippen LogP contribution in [0.3, 0.4) is 0 Å². The lowest BCUT2D eigenvalue weighted by Crippen LogP contribution is -2.41. The highest BCUT2D eigenvalue weighted by atomic mass is 16.5. The predicted molar refractivity (Wildman–Crippen MR) is 135 cm³/mol. The first-order chi connectivity index (χ1) is 16.2. The number of rotatable bonds is 11. The molecule has 0 spiro atoms. The predicted octanol–water partition coefficient (Wildman–Crippen LogP) is 5.84. The number of aromatic hydroxyl groups is 2. The number of carbonyl (C=O) groups is 2. The lowest BCUT2D eigenvalue weighted by atomic mass is 9.93. The number of carbonyl (C=O) groups excluding carboxylic acids is 2. The third kappa shape index (κ3) is 7.12. The zero-order valence-electron chi connectivity index (χ0n) is 21.4. The number of phenolic OH excluding ortho intramolecular Hbond substituents is 2. The highest BCUT2D eigenvalue weighted by Crippen LogP contribution is 2.37. The molecule has 0 radical (unpaired) electrons. The maximum absolute atomic E-state index is 13.6. The lowest BCUT2D eigenvalue weighted by Gasteiger charge is -2.25. The molecule has 1 atom stereocenters. The van der Waals surface area contributed by atoms with Gasteiger partial charge in [0.1, 0.15) is 17.5 Å². The number of methoxy groups -OCH3 is 1. The Morgan fingerprint density at radius 1 is 1.18 bits per heavy atom. The molecule has 1 aliphatic rings. The summed E-state index contributed by atoms with van der Waals surface area (Å²) >= 11 is 0. The molecule has 1 saturated heterocycles. The monoisotopic (exact) mass is 471 g/mol. The van der Waals surface area contributed by atoms with E-state index in [9.17, 15) is 19.8 Å². The topological polar surface area (TPSA) is 87.1 Å². The number of hydrogen-bond acceptors (Lipinski definition) is 5. The molecule has 1 unspecified atom stereocenters. The van der Waals surface area contributed by atoms with Gasteiger partial charge in [-0.05, 0) is 77.3 Å². The zero-order valence-corrected chi connectivity index (χ0v) is 21.4. The Labute approximate surface area is 204 Å². The molecule has 6 heteroatoms. The highest BCUT2D eigenvalue weighted by molar-refractivity contribution is 6.01. The quantitative estimate of drug-likeness (QED) is 0.240. The van der Waals surface area contributed by atoms with Gasteiger partial charge in [0.2, 0.25) is 0 Å². The maximum atomic E-state index is 13.6. The van der Waals surface area contributed by atoms with Gasteiger partial charge in [-0.1, -0.05) is 43.1 Å². The SMILES string of the molecule is CCCCCc1cc(O)c(C/C=C(\C)CCC=C(C)C)c(O)c1C(=O)N1CCCC1C(=O)OC. The van der Waals surface area contributed by atoms with Crippen LogP contribution in [0.2, 0.25) is 0 Å². The van der Waals surface area contributed by atoms with Crippen LogP contribution in [0.15, 0.2) is 29.4 Å². The Kier molecular flexibility index (Phi) is 10.7. The first-order valence-corrected chi connectivity index (χ1v) is 12.5. The van der Waals surface area contributed by atoms with Gasteiger partial charge in [0.05, 0.1) is 12.7 Å². The fourth-order valence-electron chi connectivity index (χ4n) is 4.45. The van der Waals surface area contributed by atoms with Crippen molar-refractivity contribution < 1.29 is 24.5 Å². The van der Waals surface area contributed by atoms with Crippen LogP contribution in [0.4, 0.5) is 0 Å². The van der Waals surface area contributed by atoms with Crippen molar-refractivity contribution in [2.24, 2.45) is 0 Å². The number of hydrogen-bond donors (Lipinski definition) is 2. The second kappa shape index (κ2) is 13.2. The van der Waals surface area contributed by atoms with Crippen LogP contribution >= 0.6 is 0 Å². The van der Waals surface area contributed by atoms with Crippen molar-refractivity contribution in [1.29, 1.82) is 0 Å². The number of ether oxygens (including phenoxy) is 1. The van der Waals surface area contributed by atoms with Gasteiger partial charge < -0.3 is 19.8 Å². The number of unbranched alkanes of at least 4 members (excludes halogenated alkanes) is 2. The van der Waals surface area contributed by atoms with Crippen molar-refractivity contribution in [2.45, 2.75) is 91.5 Å². The number of allylic oxidation sites excluding steroid dienone is 4. The summed E-state index contributed by atoms with van der Waals surface area (Å²) in [7, 11) is 1.32. The Balaban J connectivity index is 2.40. The number of esters is 1. The molecule has 34 heavy (non-hydrogen) atoms. The van der Waals surface area contributed by atoms with E-state index in [2.05, 4.69) is 26.8 Å². The summed E-state index contributed by atoms with van der Waals surface area (Å²) < 4.78 is 4.90. The Morgan fingerprint density at radius 3 is 2.56 bits per heavy atom. The van der Waals surface area contributed by atoms with Crippen molar-refractivity contribution in [3.05, 3.63) is 46.1 Å². The smallest absolute Gasteiger partial charge is 0.328 e. The molecule has 2 N–H and O–H groups in total. The molecule has 1 aromatic rings. The molecular weight excluding hydrogens is 430 g/mol. The highest BCUT2D eigenvalue weighted by Gasteiger charge is 2.37.